The van der Waals surface area contributed by atoms with Crippen LogP contribution in [0.2, 0.25) is 0 Å². The molecule has 1 fully saturated rings. The van der Waals surface area contributed by atoms with E-state index in [1.807, 2.05) is 0 Å². The maximum absolute atomic E-state index is 6.18. The van der Waals surface area contributed by atoms with Crippen LogP contribution < -0.4 is 5.73 Å². The van der Waals surface area contributed by atoms with Gasteiger partial charge in [0.1, 0.15) is 0 Å². The molecule has 1 rings (SSSR count). The zero-order valence-electron chi connectivity index (χ0n) is 13.0. The molecule has 0 radical (unpaired) electrons. The molecule has 1 heterocycles. The molecule has 1 saturated heterocycles. The van der Waals surface area contributed by atoms with Crippen molar-refractivity contribution in [1.29, 1.82) is 0 Å². The van der Waals surface area contributed by atoms with E-state index < -0.39 is 0 Å². The minimum Gasteiger partial charge on any atom is -0.380 e. The van der Waals surface area contributed by atoms with Crippen molar-refractivity contribution < 1.29 is 4.74 Å². The highest BCUT2D eigenvalue weighted by molar-refractivity contribution is 5.01. The van der Waals surface area contributed by atoms with Gasteiger partial charge in [-0.2, -0.15) is 0 Å². The van der Waals surface area contributed by atoms with Gasteiger partial charge in [-0.25, -0.2) is 0 Å². The molecule has 0 amide bonds. The van der Waals surface area contributed by atoms with Crippen LogP contribution in [0.5, 0.6) is 0 Å². The largest absolute Gasteiger partial charge is 0.380 e. The summed E-state index contributed by atoms with van der Waals surface area (Å²) in [6, 6.07) is 0.326. The van der Waals surface area contributed by atoms with Gasteiger partial charge in [-0.1, -0.05) is 13.3 Å². The Morgan fingerprint density at radius 3 is 2.17 bits per heavy atom. The Labute approximate surface area is 113 Å². The summed E-state index contributed by atoms with van der Waals surface area (Å²) < 4.78 is 5.72. The average molecular weight is 256 g/mol. The van der Waals surface area contributed by atoms with Crippen LogP contribution in [0, 0.1) is 0 Å². The summed E-state index contributed by atoms with van der Waals surface area (Å²) in [5.41, 5.74) is 6.54. The maximum Gasteiger partial charge on any atom is 0.0593 e. The fourth-order valence-corrected chi connectivity index (χ4v) is 3.50. The summed E-state index contributed by atoms with van der Waals surface area (Å²) in [6.07, 6.45) is 4.52. The van der Waals surface area contributed by atoms with E-state index in [0.29, 0.717) is 6.04 Å². The first-order chi connectivity index (χ1) is 8.29. The van der Waals surface area contributed by atoms with E-state index in [1.54, 1.807) is 0 Å². The van der Waals surface area contributed by atoms with Crippen molar-refractivity contribution in [2.75, 3.05) is 19.8 Å². The quantitative estimate of drug-likeness (QED) is 0.743. The van der Waals surface area contributed by atoms with Gasteiger partial charge in [0.05, 0.1) is 6.61 Å². The standard InChI is InChI=1S/C15H32N2O/c1-6-7-9-18-10-8-17-14(2,3)11-13(16)12-15(17,4)5/h13H,6-12,16H2,1-5H3. The Morgan fingerprint density at radius 1 is 1.11 bits per heavy atom. The monoisotopic (exact) mass is 256 g/mol. The minimum atomic E-state index is 0.176. The lowest BCUT2D eigenvalue weighted by Gasteiger charge is -2.54. The van der Waals surface area contributed by atoms with Gasteiger partial charge >= 0.3 is 0 Å². The van der Waals surface area contributed by atoms with Crippen LogP contribution in [0.25, 0.3) is 0 Å². The molecule has 0 aromatic heterocycles. The predicted octanol–water partition coefficient (Wildman–Crippen LogP) is 2.78. The molecule has 0 unspecified atom stereocenters. The lowest BCUT2D eigenvalue weighted by molar-refractivity contribution is -0.0514. The second-order valence-electron chi connectivity index (χ2n) is 6.91. The van der Waals surface area contributed by atoms with E-state index in [4.69, 9.17) is 10.5 Å². The fourth-order valence-electron chi connectivity index (χ4n) is 3.50. The number of nitrogens with zero attached hydrogens (tertiary/aromatic N) is 1. The second kappa shape index (κ2) is 6.36. The Balaban J connectivity index is 2.49. The van der Waals surface area contributed by atoms with Crippen LogP contribution in [-0.4, -0.2) is 41.8 Å². The van der Waals surface area contributed by atoms with Crippen LogP contribution in [0.15, 0.2) is 0 Å². The van der Waals surface area contributed by atoms with E-state index >= 15 is 0 Å². The van der Waals surface area contributed by atoms with Crippen molar-refractivity contribution in [3.05, 3.63) is 0 Å². The molecule has 2 N–H and O–H groups in total. The van der Waals surface area contributed by atoms with Gasteiger partial charge in [-0.15, -0.1) is 0 Å². The van der Waals surface area contributed by atoms with Gasteiger partial charge in [-0.05, 0) is 47.0 Å². The number of rotatable bonds is 6. The van der Waals surface area contributed by atoms with Crippen molar-refractivity contribution in [1.82, 2.24) is 4.90 Å². The molecule has 0 aromatic rings. The van der Waals surface area contributed by atoms with E-state index in [1.165, 1.54) is 6.42 Å². The SMILES string of the molecule is CCCCOCCN1C(C)(C)CC(N)CC1(C)C. The predicted molar refractivity (Wildman–Crippen MR) is 77.8 cm³/mol. The Bertz CT molecular complexity index is 233. The highest BCUT2D eigenvalue weighted by Crippen LogP contribution is 2.37. The van der Waals surface area contributed by atoms with Crippen molar-refractivity contribution in [3.63, 3.8) is 0 Å². The molecular weight excluding hydrogens is 224 g/mol. The first-order valence-corrected chi connectivity index (χ1v) is 7.40. The summed E-state index contributed by atoms with van der Waals surface area (Å²) in [4.78, 5) is 2.58. The average Bonchev–Trinajstić information content (AvgIpc) is 2.18. The fraction of sp³-hybridized carbons (Fsp3) is 1.00. The van der Waals surface area contributed by atoms with Crippen LogP contribution >= 0.6 is 0 Å². The molecule has 0 spiro atoms. The Hall–Kier alpha value is -0.120. The molecule has 0 saturated carbocycles. The van der Waals surface area contributed by atoms with E-state index in [9.17, 15) is 0 Å². The van der Waals surface area contributed by atoms with Gasteiger partial charge in [0.15, 0.2) is 0 Å². The molecular formula is C15H32N2O. The number of ether oxygens (including phenoxy) is 1. The first kappa shape index (κ1) is 15.9. The molecule has 3 nitrogen and oxygen atoms in total. The lowest BCUT2D eigenvalue weighted by Crippen LogP contribution is -2.63. The smallest absolute Gasteiger partial charge is 0.0593 e. The van der Waals surface area contributed by atoms with Gasteiger partial charge in [0.2, 0.25) is 0 Å². The Morgan fingerprint density at radius 2 is 1.67 bits per heavy atom. The third kappa shape index (κ3) is 4.22. The first-order valence-electron chi connectivity index (χ1n) is 7.40. The molecule has 1 aliphatic heterocycles. The van der Waals surface area contributed by atoms with Gasteiger partial charge < -0.3 is 10.5 Å². The Kier molecular flexibility index (Phi) is 5.63. The zero-order valence-corrected chi connectivity index (χ0v) is 13.0. The van der Waals surface area contributed by atoms with E-state index in [2.05, 4.69) is 39.5 Å². The molecule has 0 atom stereocenters. The second-order valence-corrected chi connectivity index (χ2v) is 6.91. The summed E-state index contributed by atoms with van der Waals surface area (Å²) in [7, 11) is 0. The zero-order chi connectivity index (χ0) is 13.8. The van der Waals surface area contributed by atoms with Crippen LogP contribution in [0.1, 0.15) is 60.3 Å². The van der Waals surface area contributed by atoms with Gasteiger partial charge in [-0.3, -0.25) is 4.90 Å². The van der Waals surface area contributed by atoms with Gasteiger partial charge in [0.25, 0.3) is 0 Å². The maximum atomic E-state index is 6.18. The summed E-state index contributed by atoms with van der Waals surface area (Å²) >= 11 is 0. The summed E-state index contributed by atoms with van der Waals surface area (Å²) in [6.45, 7) is 14.2. The highest BCUT2D eigenvalue weighted by Gasteiger charge is 2.43. The molecule has 0 aliphatic carbocycles. The van der Waals surface area contributed by atoms with E-state index in [0.717, 1.165) is 39.0 Å². The molecule has 0 aromatic carbocycles. The molecule has 18 heavy (non-hydrogen) atoms. The number of likely N-dealkylation sites (tertiary alicyclic amines) is 1. The van der Waals surface area contributed by atoms with Crippen molar-refractivity contribution in [2.24, 2.45) is 5.73 Å². The number of unbranched alkanes of at least 4 members (excludes halogenated alkanes) is 1. The van der Waals surface area contributed by atoms with Crippen LogP contribution in [0.3, 0.4) is 0 Å². The van der Waals surface area contributed by atoms with Gasteiger partial charge in [0, 0.05) is 30.3 Å². The highest BCUT2D eigenvalue weighted by atomic mass is 16.5. The van der Waals surface area contributed by atoms with Crippen LogP contribution in [0.4, 0.5) is 0 Å². The molecule has 3 heteroatoms. The number of nitrogens with two attached hydrogens (primary N) is 1. The number of piperidine rings is 1. The van der Waals surface area contributed by atoms with Crippen molar-refractivity contribution >= 4 is 0 Å². The normalized spacial score (nSPS) is 24.3. The molecule has 0 bridgehead atoms. The lowest BCUT2D eigenvalue weighted by atomic mass is 9.77. The van der Waals surface area contributed by atoms with Crippen molar-refractivity contribution in [2.45, 2.75) is 77.4 Å². The molecule has 1 aliphatic rings. The summed E-state index contributed by atoms with van der Waals surface area (Å²) in [5, 5.41) is 0. The number of hydrogen-bond acceptors (Lipinski definition) is 3. The summed E-state index contributed by atoms with van der Waals surface area (Å²) in [5.74, 6) is 0. The van der Waals surface area contributed by atoms with Crippen LogP contribution in [-0.2, 0) is 4.74 Å². The topological polar surface area (TPSA) is 38.5 Å². The third-order valence-corrected chi connectivity index (χ3v) is 4.09. The molecule has 108 valence electrons. The number of hydrogen-bond donors (Lipinski definition) is 1. The van der Waals surface area contributed by atoms with E-state index in [-0.39, 0.29) is 11.1 Å². The third-order valence-electron chi connectivity index (χ3n) is 4.09. The van der Waals surface area contributed by atoms with Crippen molar-refractivity contribution in [3.8, 4) is 0 Å². The minimum absolute atomic E-state index is 0.176.